The summed E-state index contributed by atoms with van der Waals surface area (Å²) in [5, 5.41) is 8.07. The van der Waals surface area contributed by atoms with Crippen LogP contribution in [0.1, 0.15) is 31.4 Å². The number of hydrogen-bond acceptors (Lipinski definition) is 3. The van der Waals surface area contributed by atoms with Gasteiger partial charge in [-0.1, -0.05) is 36.4 Å². The summed E-state index contributed by atoms with van der Waals surface area (Å²) >= 11 is 0. The number of benzene rings is 2. The van der Waals surface area contributed by atoms with Crippen molar-refractivity contribution >= 4 is 22.6 Å². The molecule has 1 heterocycles. The van der Waals surface area contributed by atoms with E-state index >= 15 is 0 Å². The van der Waals surface area contributed by atoms with Crippen molar-refractivity contribution in [3.8, 4) is 0 Å². The highest BCUT2D eigenvalue weighted by atomic mass is 16.2. The van der Waals surface area contributed by atoms with Gasteiger partial charge in [0.05, 0.1) is 6.04 Å². The second-order valence-electron chi connectivity index (χ2n) is 5.50. The molecule has 2 aromatic carbocycles. The van der Waals surface area contributed by atoms with Gasteiger partial charge < -0.3 is 0 Å². The summed E-state index contributed by atoms with van der Waals surface area (Å²) in [5.74, 6) is -0.407. The van der Waals surface area contributed by atoms with Crippen LogP contribution in [0.2, 0.25) is 0 Å². The Labute approximate surface area is 123 Å². The second-order valence-corrected chi connectivity index (χ2v) is 5.50. The van der Waals surface area contributed by atoms with E-state index in [1.807, 2.05) is 19.1 Å². The zero-order valence-corrected chi connectivity index (χ0v) is 11.9. The number of rotatable bonds is 3. The van der Waals surface area contributed by atoms with E-state index in [0.29, 0.717) is 12.8 Å². The highest BCUT2D eigenvalue weighted by molar-refractivity contribution is 6.00. The minimum absolute atomic E-state index is 0.0542. The smallest absolute Gasteiger partial charge is 0.243 e. The molecular formula is C17H18N2O2. The van der Waals surface area contributed by atoms with Crippen molar-refractivity contribution in [2.45, 2.75) is 31.8 Å². The zero-order valence-electron chi connectivity index (χ0n) is 11.9. The predicted octanol–water partition coefficient (Wildman–Crippen LogP) is 2.30. The van der Waals surface area contributed by atoms with Crippen LogP contribution in [-0.4, -0.2) is 17.9 Å². The van der Waals surface area contributed by atoms with Crippen LogP contribution in [0.5, 0.6) is 0 Å². The number of nitrogens with one attached hydrogen (secondary N) is 2. The summed E-state index contributed by atoms with van der Waals surface area (Å²) in [6.45, 7) is 2.04. The number of carbonyl (C=O) groups excluding carboxylic acids is 2. The molecule has 1 saturated heterocycles. The Morgan fingerprint density at radius 3 is 2.67 bits per heavy atom. The van der Waals surface area contributed by atoms with Gasteiger partial charge in [0, 0.05) is 12.5 Å². The van der Waals surface area contributed by atoms with Gasteiger partial charge in [0.15, 0.2) is 0 Å². The third-order valence-electron chi connectivity index (χ3n) is 3.96. The second kappa shape index (κ2) is 5.66. The molecule has 0 bridgehead atoms. The lowest BCUT2D eigenvalue weighted by molar-refractivity contribution is -0.134. The molecule has 0 radical (unpaired) electrons. The fourth-order valence-electron chi connectivity index (χ4n) is 2.73. The van der Waals surface area contributed by atoms with E-state index in [4.69, 9.17) is 0 Å². The fraction of sp³-hybridized carbons (Fsp3) is 0.294. The van der Waals surface area contributed by atoms with E-state index in [-0.39, 0.29) is 23.9 Å². The molecule has 1 fully saturated rings. The molecule has 4 nitrogen and oxygen atoms in total. The monoisotopic (exact) mass is 282 g/mol. The van der Waals surface area contributed by atoms with Gasteiger partial charge in [-0.3, -0.25) is 20.2 Å². The number of hydrogen-bond donors (Lipinski definition) is 2. The van der Waals surface area contributed by atoms with Gasteiger partial charge in [-0.15, -0.1) is 0 Å². The molecule has 1 aliphatic rings. The molecule has 108 valence electrons. The van der Waals surface area contributed by atoms with E-state index in [9.17, 15) is 9.59 Å². The van der Waals surface area contributed by atoms with Gasteiger partial charge in [-0.2, -0.15) is 0 Å². The van der Waals surface area contributed by atoms with Crippen LogP contribution in [0.15, 0.2) is 42.5 Å². The molecule has 2 unspecified atom stereocenters. The lowest BCUT2D eigenvalue weighted by atomic mass is 10.00. The average Bonchev–Trinajstić information content (AvgIpc) is 2.49. The standard InChI is InChI=1S/C17H18N2O2/c1-11(18-15-8-9-16(20)19-17(15)21)13-7-6-12-4-2-3-5-14(12)10-13/h2-7,10-11,15,18H,8-9H2,1H3,(H,19,20,21). The SMILES string of the molecule is CC(NC1CCC(=O)NC1=O)c1ccc2ccccc2c1. The molecule has 2 N–H and O–H groups in total. The fourth-order valence-corrected chi connectivity index (χ4v) is 2.73. The van der Waals surface area contributed by atoms with Crippen LogP contribution in [0.4, 0.5) is 0 Å². The molecule has 1 aliphatic heterocycles. The molecule has 0 aromatic heterocycles. The molecule has 2 atom stereocenters. The molecule has 4 heteroatoms. The third-order valence-corrected chi connectivity index (χ3v) is 3.96. The van der Waals surface area contributed by atoms with Crippen molar-refractivity contribution in [2.24, 2.45) is 0 Å². The van der Waals surface area contributed by atoms with Crippen molar-refractivity contribution in [3.05, 3.63) is 48.0 Å². The number of fused-ring (bicyclic) bond motifs is 1. The Hall–Kier alpha value is -2.20. The predicted molar refractivity (Wildman–Crippen MR) is 81.7 cm³/mol. The maximum Gasteiger partial charge on any atom is 0.243 e. The molecule has 21 heavy (non-hydrogen) atoms. The molecule has 0 spiro atoms. The van der Waals surface area contributed by atoms with Crippen molar-refractivity contribution in [3.63, 3.8) is 0 Å². The zero-order chi connectivity index (χ0) is 14.8. The van der Waals surface area contributed by atoms with Crippen LogP contribution in [0.25, 0.3) is 10.8 Å². The first-order valence-electron chi connectivity index (χ1n) is 7.22. The summed E-state index contributed by atoms with van der Waals surface area (Å²) in [6, 6.07) is 14.3. The summed E-state index contributed by atoms with van der Waals surface area (Å²) in [4.78, 5) is 23.0. The molecular weight excluding hydrogens is 264 g/mol. The Balaban J connectivity index is 1.76. The van der Waals surface area contributed by atoms with Crippen molar-refractivity contribution < 1.29 is 9.59 Å². The highest BCUT2D eigenvalue weighted by Gasteiger charge is 2.27. The van der Waals surface area contributed by atoms with Gasteiger partial charge in [0.25, 0.3) is 0 Å². The van der Waals surface area contributed by atoms with Crippen LogP contribution in [0, 0.1) is 0 Å². The summed E-state index contributed by atoms with van der Waals surface area (Å²) in [5.41, 5.74) is 1.14. The van der Waals surface area contributed by atoms with Crippen LogP contribution >= 0.6 is 0 Å². The molecule has 2 amide bonds. The van der Waals surface area contributed by atoms with Gasteiger partial charge in [-0.25, -0.2) is 0 Å². The molecule has 3 rings (SSSR count). The molecule has 2 aromatic rings. The lowest BCUT2D eigenvalue weighted by Crippen LogP contribution is -2.51. The van der Waals surface area contributed by atoms with Crippen LogP contribution in [0.3, 0.4) is 0 Å². The van der Waals surface area contributed by atoms with E-state index in [1.165, 1.54) is 10.8 Å². The van der Waals surface area contributed by atoms with Gasteiger partial charge >= 0.3 is 0 Å². The van der Waals surface area contributed by atoms with Gasteiger partial charge in [-0.05, 0) is 35.7 Å². The highest BCUT2D eigenvalue weighted by Crippen LogP contribution is 2.21. The maximum absolute atomic E-state index is 11.8. The number of amides is 2. The molecule has 0 saturated carbocycles. The molecule has 0 aliphatic carbocycles. The Morgan fingerprint density at radius 1 is 1.14 bits per heavy atom. The van der Waals surface area contributed by atoms with Crippen LogP contribution in [-0.2, 0) is 9.59 Å². The summed E-state index contributed by atoms with van der Waals surface area (Å²) < 4.78 is 0. The quantitative estimate of drug-likeness (QED) is 0.849. The number of piperidine rings is 1. The first kappa shape index (κ1) is 13.8. The van der Waals surface area contributed by atoms with E-state index in [2.05, 4.69) is 41.0 Å². The Bertz CT molecular complexity index is 696. The van der Waals surface area contributed by atoms with E-state index in [1.54, 1.807) is 0 Å². The summed E-state index contributed by atoms with van der Waals surface area (Å²) in [7, 11) is 0. The van der Waals surface area contributed by atoms with E-state index < -0.39 is 0 Å². The minimum atomic E-state index is -0.302. The van der Waals surface area contributed by atoms with Gasteiger partial charge in [0.2, 0.25) is 11.8 Å². The van der Waals surface area contributed by atoms with Gasteiger partial charge in [0.1, 0.15) is 0 Å². The maximum atomic E-state index is 11.8. The normalized spacial score (nSPS) is 20.3. The largest absolute Gasteiger partial charge is 0.299 e. The van der Waals surface area contributed by atoms with Crippen molar-refractivity contribution in [1.29, 1.82) is 0 Å². The van der Waals surface area contributed by atoms with Crippen molar-refractivity contribution in [2.75, 3.05) is 0 Å². The Morgan fingerprint density at radius 2 is 1.90 bits per heavy atom. The average molecular weight is 282 g/mol. The number of imide groups is 1. The minimum Gasteiger partial charge on any atom is -0.299 e. The number of carbonyl (C=O) groups is 2. The lowest BCUT2D eigenvalue weighted by Gasteiger charge is -2.25. The topological polar surface area (TPSA) is 58.2 Å². The first-order valence-corrected chi connectivity index (χ1v) is 7.22. The van der Waals surface area contributed by atoms with Crippen LogP contribution < -0.4 is 10.6 Å². The summed E-state index contributed by atoms with van der Waals surface area (Å²) in [6.07, 6.45) is 0.955. The van der Waals surface area contributed by atoms with Crippen molar-refractivity contribution in [1.82, 2.24) is 10.6 Å². The van der Waals surface area contributed by atoms with E-state index in [0.717, 1.165) is 5.56 Å². The Kier molecular flexibility index (Phi) is 3.71. The first-order chi connectivity index (χ1) is 10.1. The third kappa shape index (κ3) is 2.95.